The van der Waals surface area contributed by atoms with E-state index in [4.69, 9.17) is 14.1 Å². The van der Waals surface area contributed by atoms with Crippen molar-refractivity contribution >= 4 is 6.92 Å². The Morgan fingerprint density at radius 3 is 2.03 bits per heavy atom. The minimum absolute atomic E-state index is 0.280. The molecule has 1 aromatic carbocycles. The molecule has 0 spiro atoms. The zero-order valence-electron chi connectivity index (χ0n) is 19.4. The first-order valence-corrected chi connectivity index (χ1v) is 12.2. The maximum absolute atomic E-state index is 6.84. The molecule has 1 atom stereocenters. The summed E-state index contributed by atoms with van der Waals surface area (Å²) in [5, 5.41) is 0. The van der Waals surface area contributed by atoms with Crippen LogP contribution in [0.2, 0.25) is 11.6 Å². The van der Waals surface area contributed by atoms with E-state index in [1.807, 2.05) is 12.1 Å². The van der Waals surface area contributed by atoms with Gasteiger partial charge in [-0.2, -0.15) is 0 Å². The molecule has 0 aliphatic heterocycles. The Labute approximate surface area is 184 Å². The van der Waals surface area contributed by atoms with E-state index in [2.05, 4.69) is 32.1 Å². The molecule has 30 heavy (non-hydrogen) atoms. The molecule has 2 aliphatic rings. The molecule has 0 amide bonds. The molecule has 0 heterocycles. The molecular weight excluding hydrogens is 371 g/mol. The second-order valence-corrected chi connectivity index (χ2v) is 9.33. The molecule has 0 radical (unpaired) electrons. The van der Waals surface area contributed by atoms with Gasteiger partial charge in [0, 0.05) is 5.92 Å². The summed E-state index contributed by atoms with van der Waals surface area (Å²) >= 11 is 0. The van der Waals surface area contributed by atoms with Crippen LogP contribution < -0.4 is 4.74 Å². The summed E-state index contributed by atoms with van der Waals surface area (Å²) < 4.78 is 18.1. The van der Waals surface area contributed by atoms with Crippen LogP contribution in [0.25, 0.3) is 0 Å². The maximum atomic E-state index is 6.84. The van der Waals surface area contributed by atoms with Crippen LogP contribution in [0.4, 0.5) is 0 Å². The van der Waals surface area contributed by atoms with Gasteiger partial charge in [0.15, 0.2) is 0 Å². The smallest absolute Gasteiger partial charge is 0.363 e. The zero-order valence-corrected chi connectivity index (χ0v) is 19.4. The summed E-state index contributed by atoms with van der Waals surface area (Å²) in [4.78, 5) is 0. The SMILES string of the molecule is C/C=C(/OB(C1CCCCC1)C1CCCCC1)[C@H](C)COCc1ccc(OC)cc1. The molecule has 4 heteroatoms. The highest BCUT2D eigenvalue weighted by molar-refractivity contribution is 6.55. The van der Waals surface area contributed by atoms with Gasteiger partial charge >= 0.3 is 6.92 Å². The van der Waals surface area contributed by atoms with Crippen molar-refractivity contribution in [1.29, 1.82) is 0 Å². The summed E-state index contributed by atoms with van der Waals surface area (Å²) in [5.41, 5.74) is 1.17. The van der Waals surface area contributed by atoms with Crippen molar-refractivity contribution < 1.29 is 14.1 Å². The van der Waals surface area contributed by atoms with E-state index < -0.39 is 0 Å². The summed E-state index contributed by atoms with van der Waals surface area (Å²) in [6.07, 6.45) is 15.9. The molecule has 1 aromatic rings. The average Bonchev–Trinajstić information content (AvgIpc) is 2.81. The minimum atomic E-state index is 0.280. The molecule has 3 rings (SSSR count). The third kappa shape index (κ3) is 6.80. The molecule has 2 fully saturated rings. The first kappa shape index (κ1) is 23.3. The van der Waals surface area contributed by atoms with E-state index in [9.17, 15) is 0 Å². The van der Waals surface area contributed by atoms with E-state index in [-0.39, 0.29) is 5.92 Å². The third-order valence-corrected chi connectivity index (χ3v) is 7.07. The van der Waals surface area contributed by atoms with Crippen LogP contribution in [0, 0.1) is 5.92 Å². The van der Waals surface area contributed by atoms with Crippen molar-refractivity contribution in [1.82, 2.24) is 0 Å². The predicted molar refractivity (Wildman–Crippen MR) is 126 cm³/mol. The Kier molecular flexibility index (Phi) is 9.64. The summed E-state index contributed by atoms with van der Waals surface area (Å²) in [6.45, 7) is 6.07. The number of allylic oxidation sites excluding steroid dienone is 1. The van der Waals surface area contributed by atoms with E-state index in [0.29, 0.717) is 20.1 Å². The number of benzene rings is 1. The maximum Gasteiger partial charge on any atom is 0.363 e. The molecule has 3 nitrogen and oxygen atoms in total. The monoisotopic (exact) mass is 412 g/mol. The minimum Gasteiger partial charge on any atom is -0.563 e. The highest BCUT2D eigenvalue weighted by Crippen LogP contribution is 2.43. The summed E-state index contributed by atoms with van der Waals surface area (Å²) in [5.74, 6) is 3.77. The standard InChI is InChI=1S/C26H41BO3/c1-4-26(21(2)19-29-20-22-15-17-25(28-3)18-16-22)30-27(23-11-7-5-8-12-23)24-13-9-6-10-14-24/h4,15-18,21,23-24H,5-14,19-20H2,1-3H3/b26-4+/t21-/m1/s1. The fourth-order valence-corrected chi connectivity index (χ4v) is 5.29. The Morgan fingerprint density at radius 1 is 0.967 bits per heavy atom. The van der Waals surface area contributed by atoms with Crippen molar-refractivity contribution in [3.05, 3.63) is 41.7 Å². The molecule has 0 N–H and O–H groups in total. The first-order valence-electron chi connectivity index (χ1n) is 12.2. The lowest BCUT2D eigenvalue weighted by Gasteiger charge is -2.36. The van der Waals surface area contributed by atoms with Gasteiger partial charge in [-0.05, 0) is 36.3 Å². The Bertz CT molecular complexity index is 612. The molecule has 2 aliphatic carbocycles. The topological polar surface area (TPSA) is 27.7 Å². The Balaban J connectivity index is 1.54. The quantitative estimate of drug-likeness (QED) is 0.295. The van der Waals surface area contributed by atoms with Gasteiger partial charge in [0.2, 0.25) is 0 Å². The molecule has 0 saturated heterocycles. The van der Waals surface area contributed by atoms with Crippen molar-refractivity contribution in [2.75, 3.05) is 13.7 Å². The van der Waals surface area contributed by atoms with Crippen LogP contribution in [-0.2, 0) is 16.0 Å². The van der Waals surface area contributed by atoms with E-state index in [1.54, 1.807) is 7.11 Å². The molecular formula is C26H41BO3. The van der Waals surface area contributed by atoms with E-state index in [1.165, 1.54) is 69.8 Å². The van der Waals surface area contributed by atoms with Gasteiger partial charge in [-0.15, -0.1) is 0 Å². The normalized spacial score (nSPS) is 20.0. The lowest BCUT2D eigenvalue weighted by Crippen LogP contribution is -2.34. The largest absolute Gasteiger partial charge is 0.563 e. The van der Waals surface area contributed by atoms with E-state index in [0.717, 1.165) is 23.1 Å². The fraction of sp³-hybridized carbons (Fsp3) is 0.692. The van der Waals surface area contributed by atoms with Crippen molar-refractivity contribution in [3.8, 4) is 5.75 Å². The van der Waals surface area contributed by atoms with Crippen LogP contribution in [-0.4, -0.2) is 20.6 Å². The number of hydrogen-bond donors (Lipinski definition) is 0. The van der Waals surface area contributed by atoms with Crippen molar-refractivity contribution in [3.63, 3.8) is 0 Å². The van der Waals surface area contributed by atoms with Crippen LogP contribution in [0.5, 0.6) is 5.75 Å². The second-order valence-electron chi connectivity index (χ2n) is 9.33. The number of ether oxygens (including phenoxy) is 2. The molecule has 0 bridgehead atoms. The molecule has 0 unspecified atom stereocenters. The number of hydrogen-bond acceptors (Lipinski definition) is 3. The van der Waals surface area contributed by atoms with Gasteiger partial charge in [0.1, 0.15) is 5.75 Å². The van der Waals surface area contributed by atoms with E-state index >= 15 is 0 Å². The number of rotatable bonds is 10. The molecule has 2 saturated carbocycles. The van der Waals surface area contributed by atoms with Gasteiger partial charge in [-0.25, -0.2) is 0 Å². The van der Waals surface area contributed by atoms with Crippen molar-refractivity contribution in [2.45, 2.75) is 96.3 Å². The highest BCUT2D eigenvalue weighted by Gasteiger charge is 2.39. The zero-order chi connectivity index (χ0) is 21.2. The average molecular weight is 412 g/mol. The highest BCUT2D eigenvalue weighted by atomic mass is 16.5. The molecule has 166 valence electrons. The van der Waals surface area contributed by atoms with Crippen LogP contribution in [0.15, 0.2) is 36.1 Å². The van der Waals surface area contributed by atoms with Crippen LogP contribution >= 0.6 is 0 Å². The van der Waals surface area contributed by atoms with Gasteiger partial charge < -0.3 is 14.1 Å². The lowest BCUT2D eigenvalue weighted by molar-refractivity contribution is 0.0901. The van der Waals surface area contributed by atoms with Crippen LogP contribution in [0.3, 0.4) is 0 Å². The van der Waals surface area contributed by atoms with Crippen LogP contribution in [0.1, 0.15) is 83.6 Å². The Morgan fingerprint density at radius 2 is 1.53 bits per heavy atom. The molecule has 0 aromatic heterocycles. The van der Waals surface area contributed by atoms with Gasteiger partial charge in [0.25, 0.3) is 0 Å². The number of methoxy groups -OCH3 is 1. The van der Waals surface area contributed by atoms with Gasteiger partial charge in [-0.3, -0.25) is 0 Å². The lowest BCUT2D eigenvalue weighted by atomic mass is 9.41. The van der Waals surface area contributed by atoms with Crippen molar-refractivity contribution in [2.24, 2.45) is 5.92 Å². The summed E-state index contributed by atoms with van der Waals surface area (Å²) in [7, 11) is 1.69. The summed E-state index contributed by atoms with van der Waals surface area (Å²) in [6, 6.07) is 8.11. The second kappa shape index (κ2) is 12.4. The fourth-order valence-electron chi connectivity index (χ4n) is 5.29. The first-order chi connectivity index (χ1) is 14.7. The Hall–Kier alpha value is -1.42. The van der Waals surface area contributed by atoms with Gasteiger partial charge in [0.05, 0.1) is 26.1 Å². The predicted octanol–water partition coefficient (Wildman–Crippen LogP) is 7.43. The van der Waals surface area contributed by atoms with Gasteiger partial charge in [-0.1, -0.05) is 89.3 Å². The third-order valence-electron chi connectivity index (χ3n) is 7.07.